The first-order valence-corrected chi connectivity index (χ1v) is 6.49. The van der Waals surface area contributed by atoms with Crippen molar-refractivity contribution in [1.82, 2.24) is 15.5 Å². The number of nitrogens with one attached hydrogen (secondary N) is 1. The summed E-state index contributed by atoms with van der Waals surface area (Å²) in [5.41, 5.74) is 0.281. The minimum absolute atomic E-state index is 0.111. The fourth-order valence-electron chi connectivity index (χ4n) is 1.77. The molecule has 0 bridgehead atoms. The van der Waals surface area contributed by atoms with Crippen LogP contribution in [0.1, 0.15) is 25.8 Å². The maximum absolute atomic E-state index is 11.1. The zero-order chi connectivity index (χ0) is 15.4. The molecule has 21 heavy (non-hydrogen) atoms. The van der Waals surface area contributed by atoms with Crippen LogP contribution < -0.4 is 10.1 Å². The number of nitro groups is 1. The number of aromatic nitrogens is 2. The molecule has 1 aromatic carbocycles. The second-order valence-corrected chi connectivity index (χ2v) is 4.30. The number of ether oxygens (including phenoxy) is 1. The summed E-state index contributed by atoms with van der Waals surface area (Å²) in [6.07, 6.45) is 0. The molecule has 0 saturated carbocycles. The summed E-state index contributed by atoms with van der Waals surface area (Å²) in [4.78, 5) is 10.6. The van der Waals surface area contributed by atoms with Gasteiger partial charge in [-0.1, -0.05) is 6.07 Å². The third-order valence-corrected chi connectivity index (χ3v) is 2.95. The smallest absolute Gasteiger partial charge is 0.311 e. The fourth-order valence-corrected chi connectivity index (χ4v) is 1.77. The van der Waals surface area contributed by atoms with Crippen molar-refractivity contribution in [3.8, 4) is 17.2 Å². The normalized spacial score (nSPS) is 12.1. The van der Waals surface area contributed by atoms with E-state index in [9.17, 15) is 10.1 Å². The summed E-state index contributed by atoms with van der Waals surface area (Å²) >= 11 is 0. The number of nitrogens with zero attached hydrogens (tertiary/aromatic N) is 3. The standard InChI is InChI=1S/C13H16N4O4/c1-4-20-11-9(6-5-7-10(11)17(18)19)13-16-15-12(21-13)8(2)14-3/h5-8,14H,4H2,1-3H3. The summed E-state index contributed by atoms with van der Waals surface area (Å²) in [5.74, 6) is 0.734. The number of para-hydroxylation sites is 1. The van der Waals surface area contributed by atoms with Gasteiger partial charge in [-0.15, -0.1) is 10.2 Å². The van der Waals surface area contributed by atoms with Gasteiger partial charge in [0, 0.05) is 6.07 Å². The molecular formula is C13H16N4O4. The first-order chi connectivity index (χ1) is 10.1. The van der Waals surface area contributed by atoms with Gasteiger partial charge in [0.25, 0.3) is 5.89 Å². The van der Waals surface area contributed by atoms with Gasteiger partial charge in [-0.2, -0.15) is 0 Å². The Kier molecular flexibility index (Phi) is 4.49. The van der Waals surface area contributed by atoms with Crippen molar-refractivity contribution < 1.29 is 14.1 Å². The molecule has 0 aliphatic carbocycles. The van der Waals surface area contributed by atoms with Crippen LogP contribution in [0.2, 0.25) is 0 Å². The monoisotopic (exact) mass is 292 g/mol. The zero-order valence-corrected chi connectivity index (χ0v) is 12.0. The van der Waals surface area contributed by atoms with Crippen LogP contribution in [-0.2, 0) is 0 Å². The lowest BCUT2D eigenvalue weighted by molar-refractivity contribution is -0.385. The molecule has 1 heterocycles. The highest BCUT2D eigenvalue weighted by molar-refractivity contribution is 5.69. The van der Waals surface area contributed by atoms with Crippen molar-refractivity contribution in [2.45, 2.75) is 19.9 Å². The number of nitro benzene ring substituents is 1. The van der Waals surface area contributed by atoms with E-state index in [1.165, 1.54) is 6.07 Å². The van der Waals surface area contributed by atoms with Gasteiger partial charge in [-0.3, -0.25) is 10.1 Å². The van der Waals surface area contributed by atoms with Gasteiger partial charge >= 0.3 is 5.69 Å². The van der Waals surface area contributed by atoms with E-state index in [0.717, 1.165) is 0 Å². The van der Waals surface area contributed by atoms with Crippen molar-refractivity contribution in [3.05, 3.63) is 34.2 Å². The Balaban J connectivity index is 2.50. The largest absolute Gasteiger partial charge is 0.487 e. The van der Waals surface area contributed by atoms with Gasteiger partial charge in [0.15, 0.2) is 0 Å². The lowest BCUT2D eigenvalue weighted by atomic mass is 10.1. The molecule has 8 nitrogen and oxygen atoms in total. The van der Waals surface area contributed by atoms with E-state index in [1.54, 1.807) is 26.1 Å². The van der Waals surface area contributed by atoms with Crippen molar-refractivity contribution >= 4 is 5.69 Å². The molecule has 1 aromatic heterocycles. The first kappa shape index (κ1) is 14.9. The summed E-state index contributed by atoms with van der Waals surface area (Å²) in [6, 6.07) is 4.48. The molecule has 0 spiro atoms. The van der Waals surface area contributed by atoms with Crippen LogP contribution in [0.25, 0.3) is 11.5 Å². The SMILES string of the molecule is CCOc1c(-c2nnc(C(C)NC)o2)cccc1[N+](=O)[O-]. The van der Waals surface area contributed by atoms with Gasteiger partial charge < -0.3 is 14.5 Å². The molecule has 0 aliphatic rings. The molecule has 0 saturated heterocycles. The second-order valence-electron chi connectivity index (χ2n) is 4.30. The molecule has 1 N–H and O–H groups in total. The van der Waals surface area contributed by atoms with Crippen LogP contribution in [0.15, 0.2) is 22.6 Å². The number of hydrogen-bond acceptors (Lipinski definition) is 7. The van der Waals surface area contributed by atoms with Crippen molar-refractivity contribution in [3.63, 3.8) is 0 Å². The molecule has 1 unspecified atom stereocenters. The molecule has 2 aromatic rings. The van der Waals surface area contributed by atoms with Crippen molar-refractivity contribution in [2.24, 2.45) is 0 Å². The molecule has 2 rings (SSSR count). The molecule has 0 fully saturated rings. The Labute approximate surface area is 121 Å². The van der Waals surface area contributed by atoms with Crippen LogP contribution in [0.5, 0.6) is 5.75 Å². The molecule has 0 amide bonds. The predicted molar refractivity (Wildman–Crippen MR) is 75.0 cm³/mol. The average Bonchev–Trinajstić information content (AvgIpc) is 2.96. The van der Waals surface area contributed by atoms with E-state index in [4.69, 9.17) is 9.15 Å². The number of benzene rings is 1. The van der Waals surface area contributed by atoms with Crippen LogP contribution in [0.4, 0.5) is 5.69 Å². The van der Waals surface area contributed by atoms with E-state index in [2.05, 4.69) is 15.5 Å². The van der Waals surface area contributed by atoms with Gasteiger partial charge in [0.2, 0.25) is 11.6 Å². The minimum Gasteiger partial charge on any atom is -0.487 e. The Morgan fingerprint density at radius 1 is 1.48 bits per heavy atom. The maximum atomic E-state index is 11.1. The zero-order valence-electron chi connectivity index (χ0n) is 12.0. The third-order valence-electron chi connectivity index (χ3n) is 2.95. The third kappa shape index (κ3) is 3.00. The Morgan fingerprint density at radius 3 is 2.86 bits per heavy atom. The van der Waals surface area contributed by atoms with Crippen LogP contribution >= 0.6 is 0 Å². The Morgan fingerprint density at radius 2 is 2.24 bits per heavy atom. The first-order valence-electron chi connectivity index (χ1n) is 6.49. The van der Waals surface area contributed by atoms with Crippen molar-refractivity contribution in [1.29, 1.82) is 0 Å². The highest BCUT2D eigenvalue weighted by atomic mass is 16.6. The molecule has 8 heteroatoms. The van der Waals surface area contributed by atoms with Gasteiger partial charge in [0.1, 0.15) is 0 Å². The maximum Gasteiger partial charge on any atom is 0.311 e. The fraction of sp³-hybridized carbons (Fsp3) is 0.385. The molecule has 112 valence electrons. The van der Waals surface area contributed by atoms with Crippen LogP contribution in [0.3, 0.4) is 0 Å². The number of hydrogen-bond donors (Lipinski definition) is 1. The molecular weight excluding hydrogens is 276 g/mol. The van der Waals surface area contributed by atoms with Gasteiger partial charge in [-0.05, 0) is 27.0 Å². The topological polar surface area (TPSA) is 103 Å². The average molecular weight is 292 g/mol. The highest BCUT2D eigenvalue weighted by Gasteiger charge is 2.23. The van der Waals surface area contributed by atoms with E-state index in [1.807, 2.05) is 6.92 Å². The molecule has 1 atom stereocenters. The van der Waals surface area contributed by atoms with Crippen LogP contribution in [0, 0.1) is 10.1 Å². The van der Waals surface area contributed by atoms with E-state index < -0.39 is 4.92 Å². The lowest BCUT2D eigenvalue weighted by Crippen LogP contribution is -2.12. The van der Waals surface area contributed by atoms with Crippen LogP contribution in [-0.4, -0.2) is 28.8 Å². The Hall–Kier alpha value is -2.48. The highest BCUT2D eigenvalue weighted by Crippen LogP contribution is 2.37. The van der Waals surface area contributed by atoms with Crippen molar-refractivity contribution in [2.75, 3.05) is 13.7 Å². The summed E-state index contributed by atoms with van der Waals surface area (Å²) in [6.45, 7) is 3.92. The molecule has 0 aliphatic heterocycles. The van der Waals surface area contributed by atoms with Gasteiger partial charge in [-0.25, -0.2) is 0 Å². The summed E-state index contributed by atoms with van der Waals surface area (Å²) in [7, 11) is 1.77. The lowest BCUT2D eigenvalue weighted by Gasteiger charge is -2.07. The second kappa shape index (κ2) is 6.31. The quantitative estimate of drug-likeness (QED) is 0.643. The summed E-state index contributed by atoms with van der Waals surface area (Å²) < 4.78 is 11.0. The molecule has 0 radical (unpaired) electrons. The minimum atomic E-state index is -0.498. The summed E-state index contributed by atoms with van der Waals surface area (Å²) in [5, 5.41) is 21.9. The van der Waals surface area contributed by atoms with Gasteiger partial charge in [0.05, 0.1) is 23.1 Å². The van der Waals surface area contributed by atoms with E-state index in [0.29, 0.717) is 18.1 Å². The van der Waals surface area contributed by atoms with E-state index >= 15 is 0 Å². The van der Waals surface area contributed by atoms with E-state index in [-0.39, 0.29) is 23.4 Å². The number of rotatable bonds is 6. The Bertz CT molecular complexity index is 641. The predicted octanol–water partition coefficient (Wildman–Crippen LogP) is 2.32.